The lowest BCUT2D eigenvalue weighted by molar-refractivity contribution is -0.119. The Morgan fingerprint density at radius 2 is 1.29 bits per heavy atom. The van der Waals surface area contributed by atoms with Crippen molar-refractivity contribution in [1.82, 2.24) is 5.43 Å². The maximum absolute atomic E-state index is 12.4. The van der Waals surface area contributed by atoms with Crippen LogP contribution < -0.4 is 10.7 Å². The quantitative estimate of drug-likeness (QED) is 0.224. The predicted molar refractivity (Wildman–Crippen MR) is 130 cm³/mol. The molecule has 0 fully saturated rings. The summed E-state index contributed by atoms with van der Waals surface area (Å²) in [6.07, 6.45) is 1.74. The molecule has 2 N–H and O–H groups in total. The van der Waals surface area contributed by atoms with Crippen molar-refractivity contribution in [3.63, 3.8) is 0 Å². The summed E-state index contributed by atoms with van der Waals surface area (Å²) < 4.78 is 0. The summed E-state index contributed by atoms with van der Waals surface area (Å²) in [5.74, 6) is -0.200. The summed E-state index contributed by atoms with van der Waals surface area (Å²) in [7, 11) is 0. The molecule has 0 spiro atoms. The minimum absolute atomic E-state index is 0.141. The summed E-state index contributed by atoms with van der Waals surface area (Å²) in [5.41, 5.74) is 4.57. The van der Waals surface area contributed by atoms with E-state index in [1.807, 2.05) is 54.6 Å². The molecule has 0 aliphatic carbocycles. The maximum atomic E-state index is 12.4. The minimum atomic E-state index is -0.200. The van der Waals surface area contributed by atoms with Gasteiger partial charge in [-0.3, -0.25) is 4.79 Å². The number of carbonyl (C=O) groups excluding carboxylic acids is 1. The molecule has 0 radical (unpaired) electrons. The molecule has 150 valence electrons. The highest BCUT2D eigenvalue weighted by Crippen LogP contribution is 2.27. The van der Waals surface area contributed by atoms with Crippen molar-refractivity contribution in [1.29, 1.82) is 0 Å². The van der Waals surface area contributed by atoms with Gasteiger partial charge in [-0.25, -0.2) is 5.43 Å². The fourth-order valence-corrected chi connectivity index (χ4v) is 3.95. The first-order valence-electron chi connectivity index (χ1n) is 10.2. The highest BCUT2D eigenvalue weighted by molar-refractivity contribution is 6.13. The standard InChI is InChI=1S/C27H21N3O/c31-27(18-28-26-15-7-11-19-8-1-6-14-24(19)26)30-29-17-25-22-12-4-2-9-20(22)16-21-10-3-5-13-23(21)25/h1-17,28H,18H2,(H,30,31)/b29-17+. The Balaban J connectivity index is 1.34. The predicted octanol–water partition coefficient (Wildman–Crippen LogP) is 5.71. The number of hydrogen-bond acceptors (Lipinski definition) is 3. The molecule has 31 heavy (non-hydrogen) atoms. The molecular formula is C27H21N3O. The van der Waals surface area contributed by atoms with Crippen molar-refractivity contribution in [2.24, 2.45) is 5.10 Å². The van der Waals surface area contributed by atoms with Crippen LogP contribution in [0.4, 0.5) is 5.69 Å². The highest BCUT2D eigenvalue weighted by atomic mass is 16.2. The normalized spacial score (nSPS) is 11.4. The summed E-state index contributed by atoms with van der Waals surface area (Å²) in [6.45, 7) is 0.141. The number of carbonyl (C=O) groups is 1. The Hall–Kier alpha value is -4.18. The van der Waals surface area contributed by atoms with Crippen molar-refractivity contribution < 1.29 is 4.79 Å². The van der Waals surface area contributed by atoms with Crippen molar-refractivity contribution in [3.05, 3.63) is 103 Å². The van der Waals surface area contributed by atoms with E-state index in [0.717, 1.165) is 43.6 Å². The summed E-state index contributed by atoms with van der Waals surface area (Å²) in [4.78, 5) is 12.4. The van der Waals surface area contributed by atoms with Gasteiger partial charge in [-0.05, 0) is 39.1 Å². The van der Waals surface area contributed by atoms with Crippen LogP contribution in [0.15, 0.2) is 102 Å². The van der Waals surface area contributed by atoms with Crippen LogP contribution >= 0.6 is 0 Å². The Morgan fingerprint density at radius 3 is 2.00 bits per heavy atom. The molecule has 0 aromatic heterocycles. The highest BCUT2D eigenvalue weighted by Gasteiger charge is 2.06. The Bertz CT molecular complexity index is 1380. The van der Waals surface area contributed by atoms with Crippen LogP contribution in [-0.2, 0) is 4.79 Å². The fourth-order valence-electron chi connectivity index (χ4n) is 3.95. The monoisotopic (exact) mass is 403 g/mol. The molecule has 5 aromatic carbocycles. The van der Waals surface area contributed by atoms with E-state index < -0.39 is 0 Å². The number of fused-ring (bicyclic) bond motifs is 3. The summed E-state index contributed by atoms with van der Waals surface area (Å²) in [6, 6.07) is 32.7. The van der Waals surface area contributed by atoms with E-state index in [1.165, 1.54) is 0 Å². The molecule has 5 aromatic rings. The Kier molecular flexibility index (Phi) is 5.03. The molecule has 0 saturated carbocycles. The van der Waals surface area contributed by atoms with Crippen LogP contribution in [-0.4, -0.2) is 18.7 Å². The van der Waals surface area contributed by atoms with Gasteiger partial charge in [-0.1, -0.05) is 84.9 Å². The molecule has 0 aliphatic rings. The van der Waals surface area contributed by atoms with Gasteiger partial charge in [0, 0.05) is 16.6 Å². The van der Waals surface area contributed by atoms with Gasteiger partial charge < -0.3 is 5.32 Å². The van der Waals surface area contributed by atoms with Gasteiger partial charge in [-0.2, -0.15) is 5.10 Å². The molecule has 0 aliphatic heterocycles. The molecule has 1 amide bonds. The van der Waals surface area contributed by atoms with E-state index in [2.05, 4.69) is 58.3 Å². The van der Waals surface area contributed by atoms with Crippen LogP contribution in [0.2, 0.25) is 0 Å². The van der Waals surface area contributed by atoms with Crippen molar-refractivity contribution >= 4 is 50.1 Å². The summed E-state index contributed by atoms with van der Waals surface area (Å²) >= 11 is 0. The van der Waals surface area contributed by atoms with Gasteiger partial charge in [0.05, 0.1) is 12.8 Å². The zero-order valence-electron chi connectivity index (χ0n) is 16.9. The minimum Gasteiger partial charge on any atom is -0.376 e. The van der Waals surface area contributed by atoms with E-state index in [1.54, 1.807) is 6.21 Å². The lowest BCUT2D eigenvalue weighted by Crippen LogP contribution is -2.25. The summed E-state index contributed by atoms with van der Waals surface area (Å²) in [5, 5.41) is 14.2. The average Bonchev–Trinajstić information content (AvgIpc) is 2.82. The molecule has 5 rings (SSSR count). The van der Waals surface area contributed by atoms with E-state index in [-0.39, 0.29) is 12.5 Å². The molecule has 0 atom stereocenters. The van der Waals surface area contributed by atoms with Crippen LogP contribution in [0.25, 0.3) is 32.3 Å². The first-order valence-corrected chi connectivity index (χ1v) is 10.2. The van der Waals surface area contributed by atoms with E-state index in [0.29, 0.717) is 0 Å². The number of nitrogens with zero attached hydrogens (tertiary/aromatic N) is 1. The molecule has 0 saturated heterocycles. The smallest absolute Gasteiger partial charge is 0.259 e. The number of nitrogens with one attached hydrogen (secondary N) is 2. The third kappa shape index (κ3) is 3.83. The number of anilines is 1. The second-order valence-electron chi connectivity index (χ2n) is 7.41. The van der Waals surface area contributed by atoms with Gasteiger partial charge >= 0.3 is 0 Å². The lowest BCUT2D eigenvalue weighted by Gasteiger charge is -2.09. The van der Waals surface area contributed by atoms with Crippen molar-refractivity contribution in [3.8, 4) is 0 Å². The molecule has 0 bridgehead atoms. The second kappa shape index (κ2) is 8.28. The average molecular weight is 403 g/mol. The van der Waals surface area contributed by atoms with E-state index in [9.17, 15) is 4.79 Å². The molecule has 4 nitrogen and oxygen atoms in total. The number of amides is 1. The van der Waals surface area contributed by atoms with Crippen LogP contribution in [0, 0.1) is 0 Å². The van der Waals surface area contributed by atoms with Gasteiger partial charge in [-0.15, -0.1) is 0 Å². The van der Waals surface area contributed by atoms with Gasteiger partial charge in [0.25, 0.3) is 5.91 Å². The van der Waals surface area contributed by atoms with Crippen LogP contribution in [0.3, 0.4) is 0 Å². The van der Waals surface area contributed by atoms with Gasteiger partial charge in [0.1, 0.15) is 0 Å². The Morgan fingerprint density at radius 1 is 0.710 bits per heavy atom. The fraction of sp³-hybridized carbons (Fsp3) is 0.0370. The molecule has 0 unspecified atom stereocenters. The molecule has 4 heteroatoms. The van der Waals surface area contributed by atoms with E-state index >= 15 is 0 Å². The first-order chi connectivity index (χ1) is 15.3. The third-order valence-electron chi connectivity index (χ3n) is 5.42. The van der Waals surface area contributed by atoms with E-state index in [4.69, 9.17) is 0 Å². The second-order valence-corrected chi connectivity index (χ2v) is 7.41. The molecule has 0 heterocycles. The zero-order chi connectivity index (χ0) is 21.0. The number of benzene rings is 5. The number of hydrogen-bond donors (Lipinski definition) is 2. The maximum Gasteiger partial charge on any atom is 0.259 e. The van der Waals surface area contributed by atoms with Crippen LogP contribution in [0.1, 0.15) is 5.56 Å². The largest absolute Gasteiger partial charge is 0.376 e. The van der Waals surface area contributed by atoms with Gasteiger partial charge in [0.15, 0.2) is 0 Å². The third-order valence-corrected chi connectivity index (χ3v) is 5.42. The number of hydrazone groups is 1. The topological polar surface area (TPSA) is 53.5 Å². The van der Waals surface area contributed by atoms with Crippen molar-refractivity contribution in [2.45, 2.75) is 0 Å². The zero-order valence-corrected chi connectivity index (χ0v) is 16.9. The molecular weight excluding hydrogens is 382 g/mol. The Labute approximate surface area is 180 Å². The van der Waals surface area contributed by atoms with Crippen molar-refractivity contribution in [2.75, 3.05) is 11.9 Å². The number of rotatable bonds is 5. The lowest BCUT2D eigenvalue weighted by atomic mass is 9.97. The van der Waals surface area contributed by atoms with Crippen LogP contribution in [0.5, 0.6) is 0 Å². The first kappa shape index (κ1) is 18.8. The SMILES string of the molecule is O=C(CNc1cccc2ccccc12)N/N=C/c1c2ccccc2cc2ccccc12. The van der Waals surface area contributed by atoms with Gasteiger partial charge in [0.2, 0.25) is 0 Å².